The summed E-state index contributed by atoms with van der Waals surface area (Å²) >= 11 is 0. The molecule has 1 N–H and O–H groups in total. The Bertz CT molecular complexity index is 770. The topological polar surface area (TPSA) is 55.6 Å². The molecule has 1 saturated heterocycles. The second-order valence-electron chi connectivity index (χ2n) is 7.33. The highest BCUT2D eigenvalue weighted by atomic mass is 16.5. The van der Waals surface area contributed by atoms with Crippen LogP contribution in [0.4, 0.5) is 0 Å². The first-order valence-electron chi connectivity index (χ1n) is 8.91. The van der Waals surface area contributed by atoms with Gasteiger partial charge in [-0.25, -0.2) is 0 Å². The van der Waals surface area contributed by atoms with Crippen molar-refractivity contribution in [2.24, 2.45) is 10.9 Å². The zero-order valence-electron chi connectivity index (χ0n) is 15.3. The zero-order chi connectivity index (χ0) is 17.9. The van der Waals surface area contributed by atoms with Crippen LogP contribution in [0.5, 0.6) is 0 Å². The Kier molecular flexibility index (Phi) is 5.23. The smallest absolute Gasteiger partial charge is 0.254 e. The molecule has 25 heavy (non-hydrogen) atoms. The number of benzene rings is 1. The van der Waals surface area contributed by atoms with Gasteiger partial charge in [0.25, 0.3) is 5.91 Å². The molecular weight excluding hydrogens is 314 g/mol. The van der Waals surface area contributed by atoms with Gasteiger partial charge in [-0.15, -0.1) is 0 Å². The third kappa shape index (κ3) is 4.10. The van der Waals surface area contributed by atoms with Crippen LogP contribution in [-0.2, 0) is 11.3 Å². The number of hydrogen-bond donors (Lipinski definition) is 1. The first kappa shape index (κ1) is 17.7. The molecule has 134 valence electrons. The molecule has 1 aliphatic rings. The van der Waals surface area contributed by atoms with Crippen LogP contribution < -0.4 is 5.32 Å². The maximum Gasteiger partial charge on any atom is 0.254 e. The Morgan fingerprint density at radius 3 is 2.80 bits per heavy atom. The molecule has 0 atom stereocenters. The van der Waals surface area contributed by atoms with E-state index >= 15 is 0 Å². The highest BCUT2D eigenvalue weighted by Crippen LogP contribution is 2.25. The van der Waals surface area contributed by atoms with E-state index in [4.69, 9.17) is 4.74 Å². The average molecular weight is 341 g/mol. The summed E-state index contributed by atoms with van der Waals surface area (Å²) in [6.45, 7) is 6.48. The van der Waals surface area contributed by atoms with E-state index in [1.165, 1.54) is 0 Å². The Morgan fingerprint density at radius 2 is 2.08 bits per heavy atom. The molecular formula is C20H27N3O2. The SMILES string of the molecule is CN=CC(C)(C)NC(=O)c1cn(CC2CCOCC2)c2ccccc12. The third-order valence-electron chi connectivity index (χ3n) is 4.72. The van der Waals surface area contributed by atoms with Crippen LogP contribution >= 0.6 is 0 Å². The van der Waals surface area contributed by atoms with Crippen molar-refractivity contribution in [3.63, 3.8) is 0 Å². The van der Waals surface area contributed by atoms with Gasteiger partial charge >= 0.3 is 0 Å². The molecule has 2 aromatic rings. The van der Waals surface area contributed by atoms with Gasteiger partial charge in [0.05, 0.1) is 11.1 Å². The molecule has 0 spiro atoms. The van der Waals surface area contributed by atoms with Crippen LogP contribution in [0.25, 0.3) is 10.9 Å². The van der Waals surface area contributed by atoms with Gasteiger partial charge < -0.3 is 14.6 Å². The summed E-state index contributed by atoms with van der Waals surface area (Å²) in [5.74, 6) is 0.538. The lowest BCUT2D eigenvalue weighted by molar-refractivity contribution is 0.0616. The monoisotopic (exact) mass is 341 g/mol. The molecule has 3 rings (SSSR count). The van der Waals surface area contributed by atoms with Gasteiger partial charge in [-0.05, 0) is 38.7 Å². The summed E-state index contributed by atoms with van der Waals surface area (Å²) in [6.07, 6.45) is 5.91. The highest BCUT2D eigenvalue weighted by molar-refractivity contribution is 6.08. The number of nitrogens with zero attached hydrogens (tertiary/aromatic N) is 2. The number of amides is 1. The van der Waals surface area contributed by atoms with Crippen LogP contribution in [0.15, 0.2) is 35.5 Å². The van der Waals surface area contributed by atoms with Crippen LogP contribution in [0.1, 0.15) is 37.0 Å². The number of aromatic nitrogens is 1. The number of fused-ring (bicyclic) bond motifs is 1. The van der Waals surface area contributed by atoms with Crippen molar-refractivity contribution >= 4 is 23.0 Å². The fourth-order valence-electron chi connectivity index (χ4n) is 3.50. The molecule has 5 nitrogen and oxygen atoms in total. The van der Waals surface area contributed by atoms with E-state index in [2.05, 4.69) is 20.9 Å². The summed E-state index contributed by atoms with van der Waals surface area (Å²) in [5.41, 5.74) is 1.36. The lowest BCUT2D eigenvalue weighted by Crippen LogP contribution is -2.44. The molecule has 5 heteroatoms. The van der Waals surface area contributed by atoms with Crippen LogP contribution in [0.3, 0.4) is 0 Å². The number of ether oxygens (including phenoxy) is 1. The summed E-state index contributed by atoms with van der Waals surface area (Å²) in [7, 11) is 1.72. The van der Waals surface area contributed by atoms with Gasteiger partial charge in [0.15, 0.2) is 0 Å². The van der Waals surface area contributed by atoms with Gasteiger partial charge in [-0.2, -0.15) is 0 Å². The van der Waals surface area contributed by atoms with Gasteiger partial charge in [0, 0.05) is 50.1 Å². The zero-order valence-corrected chi connectivity index (χ0v) is 15.3. The van der Waals surface area contributed by atoms with E-state index in [-0.39, 0.29) is 5.91 Å². The van der Waals surface area contributed by atoms with Gasteiger partial charge in [0.1, 0.15) is 0 Å². The van der Waals surface area contributed by atoms with Crippen molar-refractivity contribution in [2.45, 2.75) is 38.8 Å². The Morgan fingerprint density at radius 1 is 1.36 bits per heavy atom. The first-order valence-corrected chi connectivity index (χ1v) is 8.91. The van der Waals surface area contributed by atoms with Crippen molar-refractivity contribution < 1.29 is 9.53 Å². The van der Waals surface area contributed by atoms with E-state index < -0.39 is 5.54 Å². The van der Waals surface area contributed by atoms with E-state index in [0.717, 1.165) is 49.1 Å². The minimum absolute atomic E-state index is 0.0631. The number of para-hydroxylation sites is 1. The van der Waals surface area contributed by atoms with E-state index in [0.29, 0.717) is 5.92 Å². The third-order valence-corrected chi connectivity index (χ3v) is 4.72. The van der Waals surface area contributed by atoms with Crippen LogP contribution in [0.2, 0.25) is 0 Å². The van der Waals surface area contributed by atoms with Gasteiger partial charge in [-0.3, -0.25) is 9.79 Å². The van der Waals surface area contributed by atoms with E-state index in [9.17, 15) is 4.79 Å². The molecule has 0 unspecified atom stereocenters. The molecule has 1 fully saturated rings. The molecule has 1 aliphatic heterocycles. The number of carbonyl (C=O) groups is 1. The van der Waals surface area contributed by atoms with Crippen LogP contribution in [-0.4, -0.2) is 42.5 Å². The number of aliphatic imine (C=N–C) groups is 1. The second kappa shape index (κ2) is 7.40. The lowest BCUT2D eigenvalue weighted by Gasteiger charge is -2.22. The lowest BCUT2D eigenvalue weighted by atomic mass is 10.0. The highest BCUT2D eigenvalue weighted by Gasteiger charge is 2.23. The van der Waals surface area contributed by atoms with E-state index in [1.807, 2.05) is 38.2 Å². The summed E-state index contributed by atoms with van der Waals surface area (Å²) < 4.78 is 7.68. The van der Waals surface area contributed by atoms with Gasteiger partial charge in [0.2, 0.25) is 0 Å². The summed E-state index contributed by atoms with van der Waals surface area (Å²) in [4.78, 5) is 16.9. The maximum atomic E-state index is 12.8. The standard InChI is InChI=1S/C20H27N3O2/c1-20(2,14-21-3)22-19(24)17-13-23(12-15-8-10-25-11-9-15)18-7-5-4-6-16(17)18/h4-7,13-15H,8-12H2,1-3H3,(H,22,24). The number of nitrogens with one attached hydrogen (secondary N) is 1. The Hall–Kier alpha value is -2.14. The molecule has 1 aromatic heterocycles. The van der Waals surface area contributed by atoms with Gasteiger partial charge in [-0.1, -0.05) is 18.2 Å². The number of rotatable bonds is 5. The Balaban J connectivity index is 1.89. The normalized spacial score (nSPS) is 16.6. The molecule has 1 amide bonds. The second-order valence-corrected chi connectivity index (χ2v) is 7.33. The van der Waals surface area contributed by atoms with Crippen molar-refractivity contribution in [2.75, 3.05) is 20.3 Å². The largest absolute Gasteiger partial charge is 0.381 e. The molecule has 0 radical (unpaired) electrons. The molecule has 0 aliphatic carbocycles. The predicted octanol–water partition coefficient (Wildman–Crippen LogP) is 3.28. The number of hydrogen-bond acceptors (Lipinski definition) is 3. The maximum absolute atomic E-state index is 12.8. The van der Waals surface area contributed by atoms with Crippen molar-refractivity contribution in [3.05, 3.63) is 36.0 Å². The van der Waals surface area contributed by atoms with Crippen LogP contribution in [0, 0.1) is 5.92 Å². The molecule has 0 bridgehead atoms. The molecule has 0 saturated carbocycles. The Labute approximate surface area is 149 Å². The van der Waals surface area contributed by atoms with Crippen molar-refractivity contribution in [3.8, 4) is 0 Å². The number of carbonyl (C=O) groups excluding carboxylic acids is 1. The molecule has 2 heterocycles. The first-order chi connectivity index (χ1) is 12.0. The van der Waals surface area contributed by atoms with Crippen molar-refractivity contribution in [1.29, 1.82) is 0 Å². The molecule has 1 aromatic carbocycles. The minimum Gasteiger partial charge on any atom is -0.381 e. The predicted molar refractivity (Wildman–Crippen MR) is 101 cm³/mol. The van der Waals surface area contributed by atoms with E-state index in [1.54, 1.807) is 13.3 Å². The minimum atomic E-state index is -0.476. The summed E-state index contributed by atoms with van der Waals surface area (Å²) in [6, 6.07) is 8.12. The quantitative estimate of drug-likeness (QED) is 0.849. The average Bonchev–Trinajstić information content (AvgIpc) is 2.94. The van der Waals surface area contributed by atoms with Crippen molar-refractivity contribution in [1.82, 2.24) is 9.88 Å². The fraction of sp³-hybridized carbons (Fsp3) is 0.500. The summed E-state index contributed by atoms with van der Waals surface area (Å²) in [5, 5.41) is 4.06. The fourth-order valence-corrected chi connectivity index (χ4v) is 3.50.